The molecular formula is C14H18N2O3. The highest BCUT2D eigenvalue weighted by molar-refractivity contribution is 5.48. The van der Waals surface area contributed by atoms with Crippen molar-refractivity contribution in [1.29, 1.82) is 0 Å². The van der Waals surface area contributed by atoms with Crippen LogP contribution in [0.25, 0.3) is 0 Å². The van der Waals surface area contributed by atoms with E-state index in [2.05, 4.69) is 11.2 Å². The number of unbranched alkanes of at least 4 members (excludes halogenated alkanes) is 1. The molecule has 19 heavy (non-hydrogen) atoms. The van der Waals surface area contributed by atoms with E-state index in [0.29, 0.717) is 31.7 Å². The summed E-state index contributed by atoms with van der Waals surface area (Å²) in [6.45, 7) is 3.79. The summed E-state index contributed by atoms with van der Waals surface area (Å²) in [6, 6.07) is 5.01. The van der Waals surface area contributed by atoms with Crippen LogP contribution in [0.4, 0.5) is 5.69 Å². The molecule has 0 spiro atoms. The first-order chi connectivity index (χ1) is 9.19. The number of nitro benzene ring substituents is 1. The molecule has 0 aliphatic carbocycles. The fourth-order valence-corrected chi connectivity index (χ4v) is 1.56. The smallest absolute Gasteiger partial charge is 0.311 e. The highest BCUT2D eigenvalue weighted by Crippen LogP contribution is 2.28. The van der Waals surface area contributed by atoms with Crippen molar-refractivity contribution in [2.75, 3.05) is 13.2 Å². The van der Waals surface area contributed by atoms with Gasteiger partial charge in [0.1, 0.15) is 0 Å². The molecule has 0 saturated carbocycles. The summed E-state index contributed by atoms with van der Waals surface area (Å²) in [4.78, 5) is 10.6. The number of nitrogens with one attached hydrogen (secondary N) is 1. The van der Waals surface area contributed by atoms with E-state index in [1.54, 1.807) is 12.1 Å². The van der Waals surface area contributed by atoms with Crippen LogP contribution in [-0.4, -0.2) is 18.1 Å². The molecule has 0 saturated heterocycles. The molecule has 1 aromatic rings. The van der Waals surface area contributed by atoms with Crippen molar-refractivity contribution in [3.8, 4) is 18.1 Å². The highest BCUT2D eigenvalue weighted by Gasteiger charge is 2.15. The number of benzene rings is 1. The predicted octanol–water partition coefficient (Wildman–Crippen LogP) is 2.50. The highest BCUT2D eigenvalue weighted by atomic mass is 16.6. The maximum absolute atomic E-state index is 11.0. The van der Waals surface area contributed by atoms with E-state index in [9.17, 15) is 10.1 Å². The predicted molar refractivity (Wildman–Crippen MR) is 74.0 cm³/mol. The number of nitrogens with zero attached hydrogens (tertiary/aromatic N) is 1. The molecule has 0 atom stereocenters. The van der Waals surface area contributed by atoms with Crippen LogP contribution in [0, 0.1) is 22.5 Å². The third-order valence-corrected chi connectivity index (χ3v) is 2.52. The molecule has 0 heterocycles. The molecule has 1 N–H and O–H groups in total. The third-order valence-electron chi connectivity index (χ3n) is 2.52. The minimum Gasteiger partial charge on any atom is -0.487 e. The molecule has 0 aliphatic rings. The molecule has 1 aromatic carbocycles. The van der Waals surface area contributed by atoms with E-state index in [4.69, 9.17) is 11.2 Å². The van der Waals surface area contributed by atoms with Crippen molar-refractivity contribution in [1.82, 2.24) is 5.32 Å². The van der Waals surface area contributed by atoms with Crippen molar-refractivity contribution >= 4 is 5.69 Å². The zero-order valence-corrected chi connectivity index (χ0v) is 11.0. The Labute approximate surface area is 113 Å². The SMILES string of the molecule is C#CCCCOc1ccc(CNCC)cc1[N+](=O)[O-]. The Balaban J connectivity index is 2.74. The van der Waals surface area contributed by atoms with Crippen LogP contribution in [0.1, 0.15) is 25.3 Å². The first kappa shape index (κ1) is 15.0. The third kappa shape index (κ3) is 4.98. The molecule has 5 nitrogen and oxygen atoms in total. The molecule has 0 fully saturated rings. The van der Waals surface area contributed by atoms with Gasteiger partial charge >= 0.3 is 5.69 Å². The van der Waals surface area contributed by atoms with E-state index in [0.717, 1.165) is 12.1 Å². The summed E-state index contributed by atoms with van der Waals surface area (Å²) in [5.74, 6) is 2.80. The van der Waals surface area contributed by atoms with Crippen LogP contribution in [0.3, 0.4) is 0 Å². The zero-order valence-electron chi connectivity index (χ0n) is 11.0. The van der Waals surface area contributed by atoms with E-state index in [1.165, 1.54) is 0 Å². The lowest BCUT2D eigenvalue weighted by atomic mass is 10.2. The van der Waals surface area contributed by atoms with Crippen molar-refractivity contribution < 1.29 is 9.66 Å². The average molecular weight is 262 g/mol. The van der Waals surface area contributed by atoms with Gasteiger partial charge < -0.3 is 10.1 Å². The fourth-order valence-electron chi connectivity index (χ4n) is 1.56. The summed E-state index contributed by atoms with van der Waals surface area (Å²) in [7, 11) is 0. The number of rotatable bonds is 8. The Hall–Kier alpha value is -2.06. The first-order valence-corrected chi connectivity index (χ1v) is 6.23. The number of ether oxygens (including phenoxy) is 1. The monoisotopic (exact) mass is 262 g/mol. The Bertz CT molecular complexity index is 466. The van der Waals surface area contributed by atoms with E-state index >= 15 is 0 Å². The molecular weight excluding hydrogens is 244 g/mol. The largest absolute Gasteiger partial charge is 0.487 e. The molecule has 1 rings (SSSR count). The van der Waals surface area contributed by atoms with Gasteiger partial charge in [0.2, 0.25) is 0 Å². The van der Waals surface area contributed by atoms with Gasteiger partial charge in [0.25, 0.3) is 0 Å². The summed E-state index contributed by atoms with van der Waals surface area (Å²) < 4.78 is 5.40. The molecule has 0 bridgehead atoms. The van der Waals surface area contributed by atoms with Gasteiger partial charge in [0.05, 0.1) is 11.5 Å². The standard InChI is InChI=1S/C14H18N2O3/c1-3-5-6-9-19-14-8-7-12(11-15-4-2)10-13(14)16(17)18/h1,7-8,10,15H,4-6,9,11H2,2H3. The van der Waals surface area contributed by atoms with Crippen LogP contribution in [0.15, 0.2) is 18.2 Å². The number of hydrogen-bond donors (Lipinski definition) is 1. The zero-order chi connectivity index (χ0) is 14.1. The van der Waals surface area contributed by atoms with Crippen LogP contribution < -0.4 is 10.1 Å². The van der Waals surface area contributed by atoms with Crippen LogP contribution in [-0.2, 0) is 6.54 Å². The summed E-state index contributed by atoms with van der Waals surface area (Å²) in [6.07, 6.45) is 6.42. The van der Waals surface area contributed by atoms with Crippen LogP contribution in [0.5, 0.6) is 5.75 Å². The van der Waals surface area contributed by atoms with Gasteiger partial charge in [-0.25, -0.2) is 0 Å². The Morgan fingerprint density at radius 3 is 2.95 bits per heavy atom. The van der Waals surface area contributed by atoms with Crippen LogP contribution >= 0.6 is 0 Å². The topological polar surface area (TPSA) is 64.4 Å². The second-order valence-corrected chi connectivity index (χ2v) is 4.00. The van der Waals surface area contributed by atoms with Crippen molar-refractivity contribution in [2.45, 2.75) is 26.3 Å². The van der Waals surface area contributed by atoms with Crippen molar-refractivity contribution in [3.63, 3.8) is 0 Å². The number of nitro groups is 1. The Morgan fingerprint density at radius 1 is 1.53 bits per heavy atom. The van der Waals surface area contributed by atoms with Gasteiger partial charge in [-0.05, 0) is 24.6 Å². The van der Waals surface area contributed by atoms with Crippen molar-refractivity contribution in [2.24, 2.45) is 0 Å². The lowest BCUT2D eigenvalue weighted by Crippen LogP contribution is -2.12. The molecule has 0 unspecified atom stereocenters. The second-order valence-electron chi connectivity index (χ2n) is 4.00. The van der Waals surface area contributed by atoms with E-state index in [1.807, 2.05) is 13.0 Å². The van der Waals surface area contributed by atoms with Gasteiger partial charge in [-0.1, -0.05) is 13.0 Å². The fraction of sp³-hybridized carbons (Fsp3) is 0.429. The van der Waals surface area contributed by atoms with Gasteiger partial charge in [-0.15, -0.1) is 12.3 Å². The molecule has 0 aliphatic heterocycles. The van der Waals surface area contributed by atoms with Gasteiger partial charge in [-0.2, -0.15) is 0 Å². The molecule has 0 aromatic heterocycles. The Morgan fingerprint density at radius 2 is 2.32 bits per heavy atom. The minimum atomic E-state index is -0.425. The van der Waals surface area contributed by atoms with Gasteiger partial charge in [-0.3, -0.25) is 10.1 Å². The van der Waals surface area contributed by atoms with Crippen molar-refractivity contribution in [3.05, 3.63) is 33.9 Å². The number of terminal acetylenes is 1. The molecule has 5 heteroatoms. The maximum atomic E-state index is 11.0. The summed E-state index contributed by atoms with van der Waals surface area (Å²) in [5, 5.41) is 14.1. The van der Waals surface area contributed by atoms with E-state index in [-0.39, 0.29) is 5.69 Å². The maximum Gasteiger partial charge on any atom is 0.311 e. The van der Waals surface area contributed by atoms with Gasteiger partial charge in [0, 0.05) is 19.0 Å². The normalized spacial score (nSPS) is 9.89. The van der Waals surface area contributed by atoms with Crippen LogP contribution in [0.2, 0.25) is 0 Å². The number of hydrogen-bond acceptors (Lipinski definition) is 4. The molecule has 0 radical (unpaired) electrons. The molecule has 0 amide bonds. The summed E-state index contributed by atoms with van der Waals surface area (Å²) in [5.41, 5.74) is 0.862. The van der Waals surface area contributed by atoms with Gasteiger partial charge in [0.15, 0.2) is 5.75 Å². The lowest BCUT2D eigenvalue weighted by molar-refractivity contribution is -0.385. The lowest BCUT2D eigenvalue weighted by Gasteiger charge is -2.08. The Kier molecular flexibility index (Phi) is 6.41. The summed E-state index contributed by atoms with van der Waals surface area (Å²) >= 11 is 0. The average Bonchev–Trinajstić information content (AvgIpc) is 2.41. The quantitative estimate of drug-likeness (QED) is 0.338. The second kappa shape index (κ2) is 8.11. The molecule has 102 valence electrons. The first-order valence-electron chi connectivity index (χ1n) is 6.23. The minimum absolute atomic E-state index is 0.00360. The van der Waals surface area contributed by atoms with E-state index < -0.39 is 4.92 Å².